The molecule has 2 rings (SSSR count). The van der Waals surface area contributed by atoms with E-state index in [-0.39, 0.29) is 5.82 Å². The van der Waals surface area contributed by atoms with Crippen LogP contribution in [-0.2, 0) is 4.43 Å². The van der Waals surface area contributed by atoms with Crippen LogP contribution in [-0.4, -0.2) is 14.5 Å². The van der Waals surface area contributed by atoms with Crippen molar-refractivity contribution < 1.29 is 13.6 Å². The lowest BCUT2D eigenvalue weighted by Gasteiger charge is -2.18. The van der Waals surface area contributed by atoms with Crippen molar-refractivity contribution in [2.45, 2.75) is 19.6 Å². The Hall–Kier alpha value is -1.92. The predicted octanol–water partition coefficient (Wildman–Crippen LogP) is 6.12. The van der Waals surface area contributed by atoms with Crippen molar-refractivity contribution in [1.82, 2.24) is 0 Å². The molecule has 2 aromatic rings. The van der Waals surface area contributed by atoms with Crippen LogP contribution in [0.1, 0.15) is 5.56 Å². The van der Waals surface area contributed by atoms with Crippen LogP contribution in [0.3, 0.4) is 0 Å². The number of hydrogen-bond acceptors (Lipinski definition) is 3. The van der Waals surface area contributed by atoms with Crippen molar-refractivity contribution in [3.05, 3.63) is 70.8 Å². The first kappa shape index (κ1) is 18.4. The van der Waals surface area contributed by atoms with E-state index in [0.717, 1.165) is 10.0 Å². The quantitative estimate of drug-likeness (QED) is 0.327. The van der Waals surface area contributed by atoms with Gasteiger partial charge in [0.05, 0.1) is 0 Å². The molecule has 0 unspecified atom stereocenters. The zero-order valence-corrected chi connectivity index (χ0v) is 16.4. The molecule has 0 N–H and O–H groups in total. The second-order valence-corrected chi connectivity index (χ2v) is 11.4. The van der Waals surface area contributed by atoms with E-state index >= 15 is 0 Å². The van der Waals surface area contributed by atoms with Gasteiger partial charge in [-0.15, -0.1) is 0 Å². The Morgan fingerprint density at radius 1 is 1.17 bits per heavy atom. The maximum Gasteiger partial charge on any atom is 0.244 e. The van der Waals surface area contributed by atoms with Crippen LogP contribution >= 0.6 is 15.9 Å². The second-order valence-electron chi connectivity index (χ2n) is 6.10. The van der Waals surface area contributed by atoms with Gasteiger partial charge in [0.1, 0.15) is 17.3 Å². The summed E-state index contributed by atoms with van der Waals surface area (Å²) in [6, 6.07) is 11.4. The Labute approximate surface area is 151 Å². The summed E-state index contributed by atoms with van der Waals surface area (Å²) in [6.45, 7) is 10.0. The van der Waals surface area contributed by atoms with Crippen LogP contribution in [0.2, 0.25) is 19.6 Å². The first-order valence-corrected chi connectivity index (χ1v) is 11.6. The van der Waals surface area contributed by atoms with Crippen molar-refractivity contribution >= 4 is 30.5 Å². The third kappa shape index (κ3) is 5.94. The van der Waals surface area contributed by atoms with E-state index in [0.29, 0.717) is 17.4 Å². The summed E-state index contributed by atoms with van der Waals surface area (Å²) in [5.74, 6) is 1.22. The van der Waals surface area contributed by atoms with Crippen LogP contribution in [0.5, 0.6) is 11.5 Å². The molecule has 0 fully saturated rings. The molecule has 0 amide bonds. The molecule has 0 saturated carbocycles. The fourth-order valence-corrected chi connectivity index (χ4v) is 3.00. The maximum atomic E-state index is 13.0. The summed E-state index contributed by atoms with van der Waals surface area (Å²) >= 11 is 3.43. The smallest absolute Gasteiger partial charge is 0.244 e. The number of rotatable bonds is 6. The molecule has 2 aromatic carbocycles. The van der Waals surface area contributed by atoms with Gasteiger partial charge in [0, 0.05) is 16.3 Å². The van der Waals surface area contributed by atoms with Gasteiger partial charge in [-0.3, -0.25) is 0 Å². The van der Waals surface area contributed by atoms with Crippen molar-refractivity contribution in [3.8, 4) is 11.5 Å². The van der Waals surface area contributed by atoms with E-state index in [9.17, 15) is 4.39 Å². The number of nitrogens with zero attached hydrogens (tertiary/aromatic N) is 1. The maximum absolute atomic E-state index is 13.0. The monoisotopic (exact) mass is 407 g/mol. The fourth-order valence-electron chi connectivity index (χ4n) is 1.86. The zero-order valence-electron chi connectivity index (χ0n) is 13.8. The van der Waals surface area contributed by atoms with E-state index in [1.54, 1.807) is 18.3 Å². The average molecular weight is 408 g/mol. The number of benzene rings is 2. The van der Waals surface area contributed by atoms with Gasteiger partial charge in [-0.1, -0.05) is 15.9 Å². The minimum Gasteiger partial charge on any atom is -0.532 e. The van der Waals surface area contributed by atoms with Gasteiger partial charge in [0.2, 0.25) is 8.32 Å². The van der Waals surface area contributed by atoms with E-state index in [2.05, 4.69) is 47.1 Å². The summed E-state index contributed by atoms with van der Waals surface area (Å²) in [6.07, 6.45) is 1.64. The Kier molecular flexibility index (Phi) is 5.96. The van der Waals surface area contributed by atoms with Gasteiger partial charge in [-0.25, -0.2) is 9.38 Å². The highest BCUT2D eigenvalue weighted by molar-refractivity contribution is 9.10. The zero-order chi connectivity index (χ0) is 17.7. The third-order valence-corrected chi connectivity index (χ3v) is 4.13. The number of aliphatic imine (C=N–C) groups is 1. The Balaban J connectivity index is 2.21. The van der Waals surface area contributed by atoms with Crippen molar-refractivity contribution in [2.75, 3.05) is 0 Å². The van der Waals surface area contributed by atoms with Crippen LogP contribution in [0.15, 0.2) is 64.4 Å². The SMILES string of the molecule is C=C(/N=C/c1cc(Br)ccc1Oc1ccc(F)cc1)O[Si](C)(C)C. The normalized spacial score (nSPS) is 11.5. The Bertz CT molecular complexity index is 755. The summed E-state index contributed by atoms with van der Waals surface area (Å²) in [5.41, 5.74) is 0.758. The summed E-state index contributed by atoms with van der Waals surface area (Å²) in [5, 5.41) is 0. The Morgan fingerprint density at radius 2 is 1.83 bits per heavy atom. The molecule has 0 aliphatic carbocycles. The molecule has 0 heterocycles. The topological polar surface area (TPSA) is 30.8 Å². The predicted molar refractivity (Wildman–Crippen MR) is 102 cm³/mol. The van der Waals surface area contributed by atoms with Crippen molar-refractivity contribution in [2.24, 2.45) is 4.99 Å². The highest BCUT2D eigenvalue weighted by Crippen LogP contribution is 2.27. The first-order valence-electron chi connectivity index (χ1n) is 7.38. The molecule has 0 aliphatic heterocycles. The highest BCUT2D eigenvalue weighted by atomic mass is 79.9. The summed E-state index contributed by atoms with van der Waals surface area (Å²) < 4.78 is 25.4. The molecule has 0 atom stereocenters. The lowest BCUT2D eigenvalue weighted by Crippen LogP contribution is -2.24. The molecule has 3 nitrogen and oxygen atoms in total. The Morgan fingerprint density at radius 3 is 2.46 bits per heavy atom. The molecule has 0 aliphatic rings. The minimum atomic E-state index is -1.74. The third-order valence-electron chi connectivity index (χ3n) is 2.78. The molecular formula is C18H19BrFNO2Si. The number of hydrogen-bond donors (Lipinski definition) is 0. The van der Waals surface area contributed by atoms with Gasteiger partial charge < -0.3 is 9.16 Å². The van der Waals surface area contributed by atoms with Crippen LogP contribution in [0, 0.1) is 5.82 Å². The van der Waals surface area contributed by atoms with Crippen molar-refractivity contribution in [3.63, 3.8) is 0 Å². The van der Waals surface area contributed by atoms with Gasteiger partial charge in [-0.05, 0) is 68.7 Å². The molecule has 0 radical (unpaired) electrons. The molecule has 0 aromatic heterocycles. The van der Waals surface area contributed by atoms with Crippen LogP contribution in [0.25, 0.3) is 0 Å². The van der Waals surface area contributed by atoms with E-state index in [1.807, 2.05) is 18.2 Å². The molecule has 0 saturated heterocycles. The highest BCUT2D eigenvalue weighted by Gasteiger charge is 2.16. The van der Waals surface area contributed by atoms with Crippen LogP contribution < -0.4 is 4.74 Å². The standard InChI is InChI=1S/C18H19BrFNO2Si/c1-13(23-24(2,3)4)21-12-14-11-15(19)5-10-18(14)22-17-8-6-16(20)7-9-17/h5-12H,1H2,2-4H3/b21-12+. The van der Waals surface area contributed by atoms with Gasteiger partial charge >= 0.3 is 0 Å². The van der Waals surface area contributed by atoms with Gasteiger partial charge in [0.15, 0.2) is 5.88 Å². The molecule has 0 spiro atoms. The van der Waals surface area contributed by atoms with Crippen molar-refractivity contribution in [1.29, 1.82) is 0 Å². The molecular weight excluding hydrogens is 389 g/mol. The number of ether oxygens (including phenoxy) is 1. The second kappa shape index (κ2) is 7.77. The fraction of sp³-hybridized carbons (Fsp3) is 0.167. The summed E-state index contributed by atoms with van der Waals surface area (Å²) in [7, 11) is -1.74. The molecule has 0 bridgehead atoms. The lowest BCUT2D eigenvalue weighted by molar-refractivity contribution is 0.421. The van der Waals surface area contributed by atoms with E-state index in [1.165, 1.54) is 12.1 Å². The largest absolute Gasteiger partial charge is 0.532 e. The van der Waals surface area contributed by atoms with Gasteiger partial charge in [0.25, 0.3) is 0 Å². The molecule has 24 heavy (non-hydrogen) atoms. The lowest BCUT2D eigenvalue weighted by atomic mass is 10.2. The summed E-state index contributed by atoms with van der Waals surface area (Å²) in [4.78, 5) is 4.27. The minimum absolute atomic E-state index is 0.306. The molecule has 6 heteroatoms. The van der Waals surface area contributed by atoms with Gasteiger partial charge in [-0.2, -0.15) is 0 Å². The van der Waals surface area contributed by atoms with Crippen LogP contribution in [0.4, 0.5) is 4.39 Å². The molecule has 126 valence electrons. The van der Waals surface area contributed by atoms with E-state index < -0.39 is 8.32 Å². The van der Waals surface area contributed by atoms with E-state index in [4.69, 9.17) is 9.16 Å². The average Bonchev–Trinajstić information content (AvgIpc) is 2.48. The first-order chi connectivity index (χ1) is 11.2. The number of halogens is 2.